The molecular weight excluding hydrogens is 246 g/mol. The molecule has 0 fully saturated rings. The van der Waals surface area contributed by atoms with Crippen molar-refractivity contribution in [3.63, 3.8) is 0 Å². The molecule has 0 saturated heterocycles. The number of hydrogen-bond donors (Lipinski definition) is 1. The summed E-state index contributed by atoms with van der Waals surface area (Å²) in [6.45, 7) is 2.02. The van der Waals surface area contributed by atoms with E-state index < -0.39 is 0 Å². The molecule has 2 aromatic rings. The van der Waals surface area contributed by atoms with Gasteiger partial charge in [0, 0.05) is 12.1 Å². The molecule has 0 aliphatic carbocycles. The number of rotatable bonds is 5. The number of nitrogens with one attached hydrogen (secondary N) is 1. The van der Waals surface area contributed by atoms with E-state index in [0.29, 0.717) is 0 Å². The van der Waals surface area contributed by atoms with Crippen LogP contribution in [0.25, 0.3) is 6.08 Å². The Morgan fingerprint density at radius 3 is 2.30 bits per heavy atom. The molecule has 102 valence electrons. The molecule has 0 saturated carbocycles. The van der Waals surface area contributed by atoms with E-state index in [2.05, 4.69) is 17.4 Å². The molecule has 1 atom stereocenters. The lowest BCUT2D eigenvalue weighted by Crippen LogP contribution is -2.32. The minimum Gasteiger partial charge on any atom is -0.350 e. The minimum atomic E-state index is -0.0581. The minimum absolute atomic E-state index is 0.0581. The molecule has 2 rings (SSSR count). The van der Waals surface area contributed by atoms with Crippen LogP contribution in [-0.4, -0.2) is 11.9 Å². The first-order valence-corrected chi connectivity index (χ1v) is 6.81. The summed E-state index contributed by atoms with van der Waals surface area (Å²) in [7, 11) is 0. The van der Waals surface area contributed by atoms with Gasteiger partial charge < -0.3 is 5.32 Å². The Balaban J connectivity index is 1.84. The van der Waals surface area contributed by atoms with Crippen LogP contribution in [0.1, 0.15) is 18.1 Å². The topological polar surface area (TPSA) is 29.1 Å². The largest absolute Gasteiger partial charge is 0.350 e. The number of amides is 1. The van der Waals surface area contributed by atoms with Gasteiger partial charge in [-0.05, 0) is 30.5 Å². The predicted molar refractivity (Wildman–Crippen MR) is 83.2 cm³/mol. The van der Waals surface area contributed by atoms with Crippen molar-refractivity contribution in [1.82, 2.24) is 5.32 Å². The third kappa shape index (κ3) is 4.73. The molecule has 2 aromatic carbocycles. The number of benzene rings is 2. The molecule has 20 heavy (non-hydrogen) atoms. The van der Waals surface area contributed by atoms with Crippen LogP contribution in [0.3, 0.4) is 0 Å². The van der Waals surface area contributed by atoms with Gasteiger partial charge in [0.2, 0.25) is 5.91 Å². The number of carbonyl (C=O) groups excluding carboxylic acids is 1. The van der Waals surface area contributed by atoms with E-state index in [9.17, 15) is 4.79 Å². The first-order chi connectivity index (χ1) is 9.74. The van der Waals surface area contributed by atoms with Crippen LogP contribution in [0, 0.1) is 0 Å². The summed E-state index contributed by atoms with van der Waals surface area (Å²) in [6.07, 6.45) is 4.24. The highest BCUT2D eigenvalue weighted by atomic mass is 16.1. The number of carbonyl (C=O) groups is 1. The number of hydrogen-bond acceptors (Lipinski definition) is 1. The van der Waals surface area contributed by atoms with Gasteiger partial charge in [-0.3, -0.25) is 4.79 Å². The summed E-state index contributed by atoms with van der Waals surface area (Å²) >= 11 is 0. The molecule has 2 heteroatoms. The van der Waals surface area contributed by atoms with Gasteiger partial charge in [0.15, 0.2) is 0 Å². The molecule has 1 amide bonds. The fourth-order valence-corrected chi connectivity index (χ4v) is 2.05. The van der Waals surface area contributed by atoms with Gasteiger partial charge in [-0.2, -0.15) is 0 Å². The molecular formula is C18H19NO. The maximum Gasteiger partial charge on any atom is 0.244 e. The monoisotopic (exact) mass is 265 g/mol. The van der Waals surface area contributed by atoms with E-state index in [1.165, 1.54) is 5.56 Å². The highest BCUT2D eigenvalue weighted by molar-refractivity contribution is 5.91. The van der Waals surface area contributed by atoms with Crippen LogP contribution in [0.4, 0.5) is 0 Å². The molecule has 0 aliphatic rings. The van der Waals surface area contributed by atoms with Crippen molar-refractivity contribution in [3.05, 3.63) is 77.9 Å². The third-order valence-electron chi connectivity index (χ3n) is 3.00. The van der Waals surface area contributed by atoms with E-state index >= 15 is 0 Å². The van der Waals surface area contributed by atoms with Crippen molar-refractivity contribution in [2.75, 3.05) is 0 Å². The van der Waals surface area contributed by atoms with Crippen LogP contribution < -0.4 is 5.32 Å². The van der Waals surface area contributed by atoms with Crippen LogP contribution in [0.2, 0.25) is 0 Å². The maximum atomic E-state index is 11.8. The van der Waals surface area contributed by atoms with Gasteiger partial charge in [0.05, 0.1) is 0 Å². The van der Waals surface area contributed by atoms with Crippen molar-refractivity contribution in [2.24, 2.45) is 0 Å². The lowest BCUT2D eigenvalue weighted by molar-refractivity contribution is -0.117. The van der Waals surface area contributed by atoms with Crippen molar-refractivity contribution in [2.45, 2.75) is 19.4 Å². The SMILES string of the molecule is C[C@@H](Cc1ccccc1)NC(=O)/C=C/c1ccccc1. The van der Waals surface area contributed by atoms with Crippen LogP contribution >= 0.6 is 0 Å². The van der Waals surface area contributed by atoms with Gasteiger partial charge in [-0.25, -0.2) is 0 Å². The van der Waals surface area contributed by atoms with Gasteiger partial charge in [0.25, 0.3) is 0 Å². The summed E-state index contributed by atoms with van der Waals surface area (Å²) in [5.41, 5.74) is 2.26. The zero-order valence-electron chi connectivity index (χ0n) is 11.6. The van der Waals surface area contributed by atoms with Gasteiger partial charge in [0.1, 0.15) is 0 Å². The van der Waals surface area contributed by atoms with E-state index in [-0.39, 0.29) is 11.9 Å². The molecule has 0 aliphatic heterocycles. The lowest BCUT2D eigenvalue weighted by atomic mass is 10.1. The summed E-state index contributed by atoms with van der Waals surface area (Å²) in [4.78, 5) is 11.8. The summed E-state index contributed by atoms with van der Waals surface area (Å²) in [5.74, 6) is -0.0581. The Kier molecular flexibility index (Phi) is 5.13. The van der Waals surface area contributed by atoms with Crippen LogP contribution in [-0.2, 0) is 11.2 Å². The normalized spacial score (nSPS) is 12.2. The molecule has 1 N–H and O–H groups in total. The van der Waals surface area contributed by atoms with Gasteiger partial charge >= 0.3 is 0 Å². The second-order valence-corrected chi connectivity index (χ2v) is 4.84. The molecule has 2 nitrogen and oxygen atoms in total. The Bertz CT molecular complexity index is 560. The summed E-state index contributed by atoms with van der Waals surface area (Å²) in [5, 5.41) is 2.97. The summed E-state index contributed by atoms with van der Waals surface area (Å²) < 4.78 is 0. The fraction of sp³-hybridized carbons (Fsp3) is 0.167. The van der Waals surface area contributed by atoms with E-state index in [1.807, 2.05) is 61.5 Å². The smallest absolute Gasteiger partial charge is 0.244 e. The third-order valence-corrected chi connectivity index (χ3v) is 3.00. The van der Waals surface area contributed by atoms with Crippen molar-refractivity contribution in [1.29, 1.82) is 0 Å². The van der Waals surface area contributed by atoms with Gasteiger partial charge in [-0.15, -0.1) is 0 Å². The first kappa shape index (κ1) is 14.1. The zero-order chi connectivity index (χ0) is 14.2. The highest BCUT2D eigenvalue weighted by Gasteiger charge is 2.05. The molecule has 0 unspecified atom stereocenters. The first-order valence-electron chi connectivity index (χ1n) is 6.81. The predicted octanol–water partition coefficient (Wildman–Crippen LogP) is 3.45. The van der Waals surface area contributed by atoms with Crippen LogP contribution in [0.5, 0.6) is 0 Å². The Labute approximate surface area is 120 Å². The quantitative estimate of drug-likeness (QED) is 0.824. The van der Waals surface area contributed by atoms with Crippen molar-refractivity contribution < 1.29 is 4.79 Å². The zero-order valence-corrected chi connectivity index (χ0v) is 11.6. The molecule has 0 aromatic heterocycles. The standard InChI is InChI=1S/C18H19NO/c1-15(14-17-10-6-3-7-11-17)19-18(20)13-12-16-8-4-2-5-9-16/h2-13,15H,14H2,1H3,(H,19,20)/b13-12+/t15-/m0/s1. The Morgan fingerprint density at radius 2 is 1.65 bits per heavy atom. The van der Waals surface area contributed by atoms with Crippen molar-refractivity contribution in [3.8, 4) is 0 Å². The second kappa shape index (κ2) is 7.29. The molecule has 0 radical (unpaired) electrons. The average Bonchev–Trinajstić information content (AvgIpc) is 2.47. The molecule has 0 heterocycles. The highest BCUT2D eigenvalue weighted by Crippen LogP contribution is 2.03. The maximum absolute atomic E-state index is 11.8. The Morgan fingerprint density at radius 1 is 1.05 bits per heavy atom. The average molecular weight is 265 g/mol. The van der Waals surface area contributed by atoms with E-state index in [0.717, 1.165) is 12.0 Å². The van der Waals surface area contributed by atoms with Crippen LogP contribution in [0.15, 0.2) is 66.7 Å². The lowest BCUT2D eigenvalue weighted by Gasteiger charge is -2.12. The fourth-order valence-electron chi connectivity index (χ4n) is 2.05. The van der Waals surface area contributed by atoms with Crippen molar-refractivity contribution >= 4 is 12.0 Å². The van der Waals surface area contributed by atoms with E-state index in [1.54, 1.807) is 6.08 Å². The molecule has 0 spiro atoms. The Hall–Kier alpha value is -2.35. The second-order valence-electron chi connectivity index (χ2n) is 4.84. The van der Waals surface area contributed by atoms with E-state index in [4.69, 9.17) is 0 Å². The molecule has 0 bridgehead atoms. The summed E-state index contributed by atoms with van der Waals surface area (Å²) in [6, 6.07) is 20.1. The van der Waals surface area contributed by atoms with Gasteiger partial charge in [-0.1, -0.05) is 60.7 Å².